The molecule has 23 heavy (non-hydrogen) atoms. The molecule has 4 nitrogen and oxygen atoms in total. The van der Waals surface area contributed by atoms with Gasteiger partial charge in [0.1, 0.15) is 5.82 Å². The first-order valence-corrected chi connectivity index (χ1v) is 7.47. The van der Waals surface area contributed by atoms with Gasteiger partial charge in [-0.25, -0.2) is 4.39 Å². The molecule has 0 bridgehead atoms. The fourth-order valence-corrected chi connectivity index (χ4v) is 2.72. The van der Waals surface area contributed by atoms with E-state index in [1.807, 2.05) is 12.1 Å². The Labute approximate surface area is 134 Å². The molecule has 1 fully saturated rings. The van der Waals surface area contributed by atoms with Crippen molar-refractivity contribution in [2.45, 2.75) is 0 Å². The minimum atomic E-state index is -0.396. The van der Waals surface area contributed by atoms with Crippen molar-refractivity contribution in [3.8, 4) is 6.07 Å². The first-order valence-electron chi connectivity index (χ1n) is 7.47. The van der Waals surface area contributed by atoms with Gasteiger partial charge in [-0.2, -0.15) is 5.26 Å². The molecule has 0 aliphatic carbocycles. The Balaban J connectivity index is 1.64. The summed E-state index contributed by atoms with van der Waals surface area (Å²) in [7, 11) is 0. The molecular weight excluding hydrogens is 293 g/mol. The second kappa shape index (κ2) is 6.49. The maximum absolute atomic E-state index is 13.2. The van der Waals surface area contributed by atoms with Crippen LogP contribution in [0.2, 0.25) is 0 Å². The second-order valence-corrected chi connectivity index (χ2v) is 5.45. The van der Waals surface area contributed by atoms with Crippen molar-refractivity contribution in [1.29, 1.82) is 5.26 Å². The highest BCUT2D eigenvalue weighted by Crippen LogP contribution is 2.18. The third-order valence-corrected chi connectivity index (χ3v) is 4.00. The SMILES string of the molecule is N#Cc1ccc(N2CCN(C(=O)c3cccc(F)c3)CC2)cc1. The number of halogens is 1. The molecule has 0 saturated carbocycles. The molecule has 2 aromatic rings. The Morgan fingerprint density at radius 2 is 1.74 bits per heavy atom. The van der Waals surface area contributed by atoms with Crippen LogP contribution >= 0.6 is 0 Å². The zero-order chi connectivity index (χ0) is 16.2. The van der Waals surface area contributed by atoms with E-state index in [9.17, 15) is 9.18 Å². The van der Waals surface area contributed by atoms with E-state index in [1.165, 1.54) is 12.1 Å². The number of anilines is 1. The smallest absolute Gasteiger partial charge is 0.254 e. The molecule has 0 radical (unpaired) electrons. The summed E-state index contributed by atoms with van der Waals surface area (Å²) in [5, 5.41) is 8.83. The molecule has 5 heteroatoms. The van der Waals surface area contributed by atoms with Crippen molar-refractivity contribution in [2.24, 2.45) is 0 Å². The number of hydrogen-bond acceptors (Lipinski definition) is 3. The van der Waals surface area contributed by atoms with Gasteiger partial charge >= 0.3 is 0 Å². The van der Waals surface area contributed by atoms with E-state index in [-0.39, 0.29) is 5.91 Å². The Kier molecular flexibility index (Phi) is 4.24. The van der Waals surface area contributed by atoms with E-state index in [4.69, 9.17) is 5.26 Å². The number of nitriles is 1. The number of amides is 1. The largest absolute Gasteiger partial charge is 0.368 e. The van der Waals surface area contributed by atoms with E-state index in [0.717, 1.165) is 5.69 Å². The summed E-state index contributed by atoms with van der Waals surface area (Å²) >= 11 is 0. The molecule has 0 spiro atoms. The molecule has 1 aliphatic rings. The highest BCUT2D eigenvalue weighted by atomic mass is 19.1. The van der Waals surface area contributed by atoms with Crippen LogP contribution in [0.4, 0.5) is 10.1 Å². The fourth-order valence-electron chi connectivity index (χ4n) is 2.72. The summed E-state index contributed by atoms with van der Waals surface area (Å²) in [4.78, 5) is 16.3. The van der Waals surface area contributed by atoms with Gasteiger partial charge in [-0.05, 0) is 42.5 Å². The van der Waals surface area contributed by atoms with Gasteiger partial charge < -0.3 is 9.80 Å². The number of nitrogens with zero attached hydrogens (tertiary/aromatic N) is 3. The highest BCUT2D eigenvalue weighted by Gasteiger charge is 2.22. The van der Waals surface area contributed by atoms with Gasteiger partial charge in [0, 0.05) is 37.4 Å². The number of carbonyl (C=O) groups excluding carboxylic acids is 1. The maximum atomic E-state index is 13.2. The lowest BCUT2D eigenvalue weighted by Crippen LogP contribution is -2.48. The molecule has 0 atom stereocenters. The maximum Gasteiger partial charge on any atom is 0.254 e. The lowest BCUT2D eigenvalue weighted by atomic mass is 10.1. The van der Waals surface area contributed by atoms with Crippen molar-refractivity contribution in [2.75, 3.05) is 31.1 Å². The minimum absolute atomic E-state index is 0.135. The fraction of sp³-hybridized carbons (Fsp3) is 0.222. The molecule has 0 unspecified atom stereocenters. The molecule has 1 heterocycles. The van der Waals surface area contributed by atoms with Crippen molar-refractivity contribution in [3.63, 3.8) is 0 Å². The summed E-state index contributed by atoms with van der Waals surface area (Å²) in [5.41, 5.74) is 2.06. The van der Waals surface area contributed by atoms with E-state index < -0.39 is 5.82 Å². The quantitative estimate of drug-likeness (QED) is 0.857. The van der Waals surface area contributed by atoms with Gasteiger partial charge in [-0.15, -0.1) is 0 Å². The van der Waals surface area contributed by atoms with Crippen LogP contribution in [-0.4, -0.2) is 37.0 Å². The highest BCUT2D eigenvalue weighted by molar-refractivity contribution is 5.94. The molecular formula is C18H16FN3O. The number of benzene rings is 2. The Hall–Kier alpha value is -2.87. The topological polar surface area (TPSA) is 47.3 Å². The van der Waals surface area contributed by atoms with Crippen LogP contribution in [0.5, 0.6) is 0 Å². The van der Waals surface area contributed by atoms with Crippen LogP contribution in [0.15, 0.2) is 48.5 Å². The molecule has 0 N–H and O–H groups in total. The van der Waals surface area contributed by atoms with Crippen LogP contribution in [-0.2, 0) is 0 Å². The number of hydrogen-bond donors (Lipinski definition) is 0. The van der Waals surface area contributed by atoms with Crippen molar-refractivity contribution in [3.05, 3.63) is 65.5 Å². The number of rotatable bonds is 2. The average Bonchev–Trinajstić information content (AvgIpc) is 2.61. The molecule has 2 aromatic carbocycles. The van der Waals surface area contributed by atoms with E-state index >= 15 is 0 Å². The molecule has 3 rings (SSSR count). The number of carbonyl (C=O) groups is 1. The van der Waals surface area contributed by atoms with Crippen LogP contribution < -0.4 is 4.90 Å². The summed E-state index contributed by atoms with van der Waals surface area (Å²) in [6.45, 7) is 2.62. The predicted molar refractivity (Wildman–Crippen MR) is 85.7 cm³/mol. The monoisotopic (exact) mass is 309 g/mol. The molecule has 1 amide bonds. The van der Waals surface area contributed by atoms with E-state index in [1.54, 1.807) is 29.2 Å². The summed E-state index contributed by atoms with van der Waals surface area (Å²) in [5.74, 6) is -0.531. The Bertz CT molecular complexity index is 744. The van der Waals surface area contributed by atoms with Crippen LogP contribution in [0.1, 0.15) is 15.9 Å². The van der Waals surface area contributed by atoms with Gasteiger partial charge in [-0.1, -0.05) is 6.07 Å². The summed E-state index contributed by atoms with van der Waals surface area (Å²) in [6.07, 6.45) is 0. The van der Waals surface area contributed by atoms with Gasteiger partial charge in [0.05, 0.1) is 11.6 Å². The third-order valence-electron chi connectivity index (χ3n) is 4.00. The lowest BCUT2D eigenvalue weighted by molar-refractivity contribution is 0.0746. The molecule has 1 aliphatic heterocycles. The number of piperazine rings is 1. The van der Waals surface area contributed by atoms with Gasteiger partial charge in [0.25, 0.3) is 5.91 Å². The van der Waals surface area contributed by atoms with Gasteiger partial charge in [-0.3, -0.25) is 4.79 Å². The predicted octanol–water partition coefficient (Wildman–Crippen LogP) is 2.66. The van der Waals surface area contributed by atoms with Gasteiger partial charge in [0.2, 0.25) is 0 Å². The first kappa shape index (κ1) is 15.0. The van der Waals surface area contributed by atoms with E-state index in [2.05, 4.69) is 11.0 Å². The van der Waals surface area contributed by atoms with Crippen molar-refractivity contribution in [1.82, 2.24) is 4.90 Å². The zero-order valence-corrected chi connectivity index (χ0v) is 12.6. The van der Waals surface area contributed by atoms with Crippen LogP contribution in [0, 0.1) is 17.1 Å². The van der Waals surface area contributed by atoms with Crippen LogP contribution in [0.25, 0.3) is 0 Å². The zero-order valence-electron chi connectivity index (χ0n) is 12.6. The average molecular weight is 309 g/mol. The van der Waals surface area contributed by atoms with Gasteiger partial charge in [0.15, 0.2) is 0 Å². The first-order chi connectivity index (χ1) is 11.2. The van der Waals surface area contributed by atoms with Crippen LogP contribution in [0.3, 0.4) is 0 Å². The minimum Gasteiger partial charge on any atom is -0.368 e. The van der Waals surface area contributed by atoms with E-state index in [0.29, 0.717) is 37.3 Å². The lowest BCUT2D eigenvalue weighted by Gasteiger charge is -2.36. The Morgan fingerprint density at radius 3 is 2.35 bits per heavy atom. The van der Waals surface area contributed by atoms with Crippen molar-refractivity contribution >= 4 is 11.6 Å². The Morgan fingerprint density at radius 1 is 1.04 bits per heavy atom. The van der Waals surface area contributed by atoms with Crippen molar-refractivity contribution < 1.29 is 9.18 Å². The molecule has 1 saturated heterocycles. The molecule has 0 aromatic heterocycles. The molecule has 116 valence electrons. The summed E-state index contributed by atoms with van der Waals surface area (Å²) < 4.78 is 13.2. The third kappa shape index (κ3) is 3.32. The second-order valence-electron chi connectivity index (χ2n) is 5.45. The summed E-state index contributed by atoms with van der Waals surface area (Å²) in [6, 6.07) is 15.3. The standard InChI is InChI=1S/C18H16FN3O/c19-16-3-1-2-15(12-16)18(23)22-10-8-21(9-11-22)17-6-4-14(13-20)5-7-17/h1-7,12H,8-11H2. The normalized spacial score (nSPS) is 14.4.